The number of fused-ring (bicyclic) bond motifs is 8. The van der Waals surface area contributed by atoms with E-state index >= 15 is 0 Å². The third kappa shape index (κ3) is 3.96. The van der Waals surface area contributed by atoms with Crippen molar-refractivity contribution >= 4 is 65.9 Å². The van der Waals surface area contributed by atoms with Crippen LogP contribution in [0.2, 0.25) is 0 Å². The lowest BCUT2D eigenvalue weighted by molar-refractivity contribution is 1.39. The van der Waals surface area contributed by atoms with E-state index in [0.717, 1.165) is 45.1 Å². The average molecular weight is 559 g/mol. The van der Waals surface area contributed by atoms with Crippen LogP contribution in [0.4, 0.5) is 11.4 Å². The molecule has 0 radical (unpaired) electrons. The van der Waals surface area contributed by atoms with Crippen LogP contribution in [-0.2, 0) is 0 Å². The van der Waals surface area contributed by atoms with Crippen LogP contribution in [0, 0.1) is 0 Å². The van der Waals surface area contributed by atoms with Crippen molar-refractivity contribution in [3.63, 3.8) is 0 Å². The Hall–Kier alpha value is -5.86. The van der Waals surface area contributed by atoms with Crippen LogP contribution < -0.4 is 0 Å². The topological polar surface area (TPSA) is 24.7 Å². The minimum atomic E-state index is 0.910. The molecule has 44 heavy (non-hydrogen) atoms. The molecule has 0 aromatic heterocycles. The van der Waals surface area contributed by atoms with E-state index in [1.54, 1.807) is 0 Å². The van der Waals surface area contributed by atoms with Gasteiger partial charge >= 0.3 is 0 Å². The summed E-state index contributed by atoms with van der Waals surface area (Å²) < 4.78 is 0. The fourth-order valence-corrected chi connectivity index (χ4v) is 6.66. The SMILES string of the molecule is c1ccc2c(c1)N=C(c1ccc3c(ccc4ccccc43)c1)c1ccccc1N=C2c1ccc2c(ccc3ccccc32)c1. The number of nitrogens with zero attached hydrogens (tertiary/aromatic N) is 2. The van der Waals surface area contributed by atoms with Crippen LogP contribution in [0.15, 0.2) is 168 Å². The maximum absolute atomic E-state index is 5.39. The summed E-state index contributed by atoms with van der Waals surface area (Å²) in [4.78, 5) is 10.8. The maximum Gasteiger partial charge on any atom is 0.0803 e. The molecule has 0 amide bonds. The first-order valence-electron chi connectivity index (χ1n) is 15.0. The highest BCUT2D eigenvalue weighted by atomic mass is 14.8. The highest BCUT2D eigenvalue weighted by molar-refractivity contribution is 6.24. The van der Waals surface area contributed by atoms with Crippen LogP contribution >= 0.6 is 0 Å². The molecule has 0 aliphatic carbocycles. The van der Waals surface area contributed by atoms with E-state index in [1.807, 2.05) is 0 Å². The molecule has 1 aliphatic rings. The summed E-state index contributed by atoms with van der Waals surface area (Å²) >= 11 is 0. The lowest BCUT2D eigenvalue weighted by Gasteiger charge is -2.18. The van der Waals surface area contributed by atoms with Gasteiger partial charge in [0.2, 0.25) is 0 Å². The van der Waals surface area contributed by atoms with Crippen LogP contribution in [0.3, 0.4) is 0 Å². The second-order valence-electron chi connectivity index (χ2n) is 11.4. The number of aliphatic imine (C=N–C) groups is 2. The van der Waals surface area contributed by atoms with Gasteiger partial charge in [-0.2, -0.15) is 0 Å². The molecular weight excluding hydrogens is 532 g/mol. The van der Waals surface area contributed by atoms with Crippen molar-refractivity contribution in [1.82, 2.24) is 0 Å². The van der Waals surface area contributed by atoms with Crippen molar-refractivity contribution in [1.29, 1.82) is 0 Å². The van der Waals surface area contributed by atoms with Crippen molar-refractivity contribution in [2.45, 2.75) is 0 Å². The van der Waals surface area contributed by atoms with Gasteiger partial charge in [-0.1, -0.05) is 133 Å². The second kappa shape index (κ2) is 9.86. The standard InChI is InChI=1S/C42H26N2/c1-3-11-33-27(9-1)17-19-29-25-31(21-23-35(29)33)41-37-13-5-7-15-39(37)44-42(38-14-6-8-16-40(38)43-41)32-22-24-36-30(26-32)20-18-28-10-2-4-12-34(28)36/h1-26H. The van der Waals surface area contributed by atoms with Crippen LogP contribution in [0.25, 0.3) is 43.1 Å². The quantitative estimate of drug-likeness (QED) is 0.189. The number of hydrogen-bond acceptors (Lipinski definition) is 2. The Kier molecular flexibility index (Phi) is 5.54. The summed E-state index contributed by atoms with van der Waals surface area (Å²) in [7, 11) is 0. The van der Waals surface area contributed by atoms with Crippen molar-refractivity contribution in [2.75, 3.05) is 0 Å². The van der Waals surface area contributed by atoms with Gasteiger partial charge < -0.3 is 0 Å². The van der Waals surface area contributed by atoms with Gasteiger partial charge in [-0.25, -0.2) is 9.98 Å². The largest absolute Gasteiger partial charge is 0.247 e. The fraction of sp³-hybridized carbons (Fsp3) is 0. The number of benzene rings is 8. The Morgan fingerprint density at radius 3 is 1.18 bits per heavy atom. The van der Waals surface area contributed by atoms with E-state index in [0.29, 0.717) is 0 Å². The monoisotopic (exact) mass is 558 g/mol. The fourth-order valence-electron chi connectivity index (χ4n) is 6.66. The summed E-state index contributed by atoms with van der Waals surface area (Å²) in [5, 5.41) is 9.92. The van der Waals surface area contributed by atoms with Gasteiger partial charge in [0.1, 0.15) is 0 Å². The van der Waals surface area contributed by atoms with E-state index in [2.05, 4.69) is 158 Å². The molecule has 204 valence electrons. The zero-order valence-electron chi connectivity index (χ0n) is 23.9. The first kappa shape index (κ1) is 24.7. The average Bonchev–Trinajstić information content (AvgIpc) is 3.08. The van der Waals surface area contributed by atoms with Crippen molar-refractivity contribution < 1.29 is 0 Å². The minimum absolute atomic E-state index is 0.910. The molecule has 0 unspecified atom stereocenters. The summed E-state index contributed by atoms with van der Waals surface area (Å²) in [6, 6.07) is 56.1. The number of hydrogen-bond donors (Lipinski definition) is 0. The van der Waals surface area contributed by atoms with Crippen molar-refractivity contribution in [3.05, 3.63) is 180 Å². The molecule has 8 aromatic carbocycles. The van der Waals surface area contributed by atoms with Crippen molar-refractivity contribution in [2.24, 2.45) is 9.98 Å². The third-order valence-corrected chi connectivity index (χ3v) is 8.82. The summed E-state index contributed by atoms with van der Waals surface area (Å²) in [5.74, 6) is 0. The van der Waals surface area contributed by atoms with Gasteiger partial charge in [-0.3, -0.25) is 0 Å². The molecule has 0 N–H and O–H groups in total. The van der Waals surface area contributed by atoms with Gasteiger partial charge in [0.15, 0.2) is 0 Å². The Morgan fingerprint density at radius 2 is 0.682 bits per heavy atom. The predicted molar refractivity (Wildman–Crippen MR) is 186 cm³/mol. The molecule has 0 bridgehead atoms. The van der Waals surface area contributed by atoms with Gasteiger partial charge in [0.05, 0.1) is 22.8 Å². The Balaban J connectivity index is 1.24. The Morgan fingerprint density at radius 1 is 0.295 bits per heavy atom. The molecule has 0 saturated heterocycles. The predicted octanol–water partition coefficient (Wildman–Crippen LogP) is 11.0. The van der Waals surface area contributed by atoms with E-state index in [4.69, 9.17) is 9.98 Å². The first-order chi connectivity index (χ1) is 21.8. The molecule has 1 heterocycles. The molecule has 0 fully saturated rings. The number of para-hydroxylation sites is 2. The van der Waals surface area contributed by atoms with Crippen LogP contribution in [-0.4, -0.2) is 11.4 Å². The molecule has 2 heteroatoms. The summed E-state index contributed by atoms with van der Waals surface area (Å²) in [6.45, 7) is 0. The molecule has 8 aromatic rings. The molecule has 0 spiro atoms. The highest BCUT2D eigenvalue weighted by Gasteiger charge is 2.20. The Bertz CT molecular complexity index is 2320. The summed E-state index contributed by atoms with van der Waals surface area (Å²) in [6.07, 6.45) is 0. The normalized spacial score (nSPS) is 12.8. The van der Waals surface area contributed by atoms with E-state index < -0.39 is 0 Å². The van der Waals surface area contributed by atoms with E-state index in [9.17, 15) is 0 Å². The molecule has 0 saturated carbocycles. The number of rotatable bonds is 2. The Labute approximate surface area is 255 Å². The molecular formula is C42H26N2. The van der Waals surface area contributed by atoms with E-state index in [1.165, 1.54) is 43.1 Å². The lowest BCUT2D eigenvalue weighted by atomic mass is 9.93. The molecule has 0 atom stereocenters. The second-order valence-corrected chi connectivity index (χ2v) is 11.4. The molecule has 2 nitrogen and oxygen atoms in total. The highest BCUT2D eigenvalue weighted by Crippen LogP contribution is 2.35. The van der Waals surface area contributed by atoms with Gasteiger partial charge in [0.25, 0.3) is 0 Å². The zero-order chi connectivity index (χ0) is 29.0. The van der Waals surface area contributed by atoms with Gasteiger partial charge in [-0.05, 0) is 67.4 Å². The summed E-state index contributed by atoms with van der Waals surface area (Å²) in [5.41, 5.74) is 7.86. The van der Waals surface area contributed by atoms with Gasteiger partial charge in [-0.15, -0.1) is 0 Å². The minimum Gasteiger partial charge on any atom is -0.247 e. The first-order valence-corrected chi connectivity index (χ1v) is 15.0. The van der Waals surface area contributed by atoms with E-state index in [-0.39, 0.29) is 0 Å². The van der Waals surface area contributed by atoms with Crippen LogP contribution in [0.1, 0.15) is 22.3 Å². The molecule has 9 rings (SSSR count). The zero-order valence-corrected chi connectivity index (χ0v) is 23.9. The lowest BCUT2D eigenvalue weighted by Crippen LogP contribution is -2.10. The third-order valence-electron chi connectivity index (χ3n) is 8.82. The van der Waals surface area contributed by atoms with Crippen LogP contribution in [0.5, 0.6) is 0 Å². The molecule has 1 aliphatic heterocycles. The van der Waals surface area contributed by atoms with Gasteiger partial charge in [0, 0.05) is 22.3 Å². The van der Waals surface area contributed by atoms with Crippen molar-refractivity contribution in [3.8, 4) is 0 Å². The maximum atomic E-state index is 5.39. The smallest absolute Gasteiger partial charge is 0.0803 e.